The maximum atomic E-state index is 13.0. The van der Waals surface area contributed by atoms with Gasteiger partial charge in [0, 0.05) is 21.7 Å². The molecule has 0 amide bonds. The van der Waals surface area contributed by atoms with E-state index >= 15 is 0 Å². The van der Waals surface area contributed by atoms with Crippen molar-refractivity contribution in [3.8, 4) is 0 Å². The SMILES string of the molecule is C=CCN=C([S-])[C@@H](C(=O)c1cccc(Br)c1)[n+]1cccc(C)c1. The number of halogens is 1. The van der Waals surface area contributed by atoms with E-state index in [4.69, 9.17) is 12.6 Å². The van der Waals surface area contributed by atoms with Crippen molar-refractivity contribution in [1.29, 1.82) is 0 Å². The molecule has 0 radical (unpaired) electrons. The first-order valence-electron chi connectivity index (χ1n) is 7.12. The van der Waals surface area contributed by atoms with E-state index in [2.05, 4.69) is 27.5 Å². The highest BCUT2D eigenvalue weighted by Gasteiger charge is 2.28. The lowest BCUT2D eigenvalue weighted by atomic mass is 10.0. The van der Waals surface area contributed by atoms with Gasteiger partial charge in [-0.25, -0.2) is 0 Å². The van der Waals surface area contributed by atoms with Crippen LogP contribution in [0.4, 0.5) is 0 Å². The van der Waals surface area contributed by atoms with Crippen molar-refractivity contribution < 1.29 is 9.36 Å². The average Bonchev–Trinajstić information content (AvgIpc) is 2.53. The van der Waals surface area contributed by atoms with Gasteiger partial charge in [0.2, 0.25) is 11.8 Å². The molecule has 1 aromatic carbocycles. The third-order valence-corrected chi connectivity index (χ3v) is 4.08. The highest BCUT2D eigenvalue weighted by molar-refractivity contribution is 9.10. The molecule has 0 unspecified atom stereocenters. The Bertz CT molecular complexity index is 758. The summed E-state index contributed by atoms with van der Waals surface area (Å²) in [5.41, 5.74) is 1.64. The molecular formula is C18H17BrN2OS. The van der Waals surface area contributed by atoms with E-state index in [1.54, 1.807) is 18.2 Å². The van der Waals surface area contributed by atoms with E-state index < -0.39 is 6.04 Å². The van der Waals surface area contributed by atoms with E-state index in [0.717, 1.165) is 10.0 Å². The van der Waals surface area contributed by atoms with Crippen LogP contribution in [0.5, 0.6) is 0 Å². The third-order valence-electron chi connectivity index (χ3n) is 3.24. The molecular weight excluding hydrogens is 372 g/mol. The number of carbonyl (C=O) groups excluding carboxylic acids is 1. The van der Waals surface area contributed by atoms with Crippen LogP contribution >= 0.6 is 15.9 Å². The van der Waals surface area contributed by atoms with E-state index in [0.29, 0.717) is 17.2 Å². The summed E-state index contributed by atoms with van der Waals surface area (Å²) >= 11 is 8.81. The van der Waals surface area contributed by atoms with Gasteiger partial charge in [0.15, 0.2) is 12.4 Å². The van der Waals surface area contributed by atoms with Gasteiger partial charge in [-0.3, -0.25) is 4.79 Å². The van der Waals surface area contributed by atoms with Crippen LogP contribution in [0.1, 0.15) is 22.0 Å². The van der Waals surface area contributed by atoms with Crippen molar-refractivity contribution in [2.75, 3.05) is 6.54 Å². The van der Waals surface area contributed by atoms with Crippen LogP contribution in [0.15, 0.2) is 70.9 Å². The fourth-order valence-corrected chi connectivity index (χ4v) is 2.89. The fourth-order valence-electron chi connectivity index (χ4n) is 2.19. The monoisotopic (exact) mass is 388 g/mol. The molecule has 3 nitrogen and oxygen atoms in total. The molecule has 0 saturated heterocycles. The van der Waals surface area contributed by atoms with Crippen LogP contribution in [0.2, 0.25) is 0 Å². The Balaban J connectivity index is 2.48. The van der Waals surface area contributed by atoms with Crippen molar-refractivity contribution in [1.82, 2.24) is 0 Å². The number of hydrogen-bond donors (Lipinski definition) is 0. The molecule has 0 N–H and O–H groups in total. The summed E-state index contributed by atoms with van der Waals surface area (Å²) in [6, 6.07) is 10.5. The normalized spacial score (nSPS) is 12.7. The molecule has 0 aliphatic carbocycles. The maximum absolute atomic E-state index is 13.0. The lowest BCUT2D eigenvalue weighted by Gasteiger charge is -2.18. The Morgan fingerprint density at radius 2 is 2.22 bits per heavy atom. The Kier molecular flexibility index (Phi) is 6.19. The number of aliphatic imine (C=N–C) groups is 1. The largest absolute Gasteiger partial charge is 0.758 e. The number of benzene rings is 1. The van der Waals surface area contributed by atoms with Crippen molar-refractivity contribution >= 4 is 39.4 Å². The molecule has 0 aliphatic rings. The molecule has 118 valence electrons. The summed E-state index contributed by atoms with van der Waals surface area (Å²) < 4.78 is 2.67. The molecule has 0 aliphatic heterocycles. The number of pyridine rings is 1. The fraction of sp³-hybridized carbons (Fsp3) is 0.167. The van der Waals surface area contributed by atoms with E-state index in [1.165, 1.54) is 0 Å². The topological polar surface area (TPSA) is 33.3 Å². The molecule has 2 rings (SSSR count). The number of nitrogens with zero attached hydrogens (tertiary/aromatic N) is 2. The Hall–Kier alpha value is -1.85. The molecule has 23 heavy (non-hydrogen) atoms. The number of carbonyl (C=O) groups is 1. The zero-order valence-electron chi connectivity index (χ0n) is 12.8. The molecule has 0 bridgehead atoms. The minimum Gasteiger partial charge on any atom is -0.758 e. The number of aromatic nitrogens is 1. The summed E-state index contributed by atoms with van der Waals surface area (Å²) in [4.78, 5) is 17.3. The van der Waals surface area contributed by atoms with Gasteiger partial charge < -0.3 is 17.6 Å². The first-order valence-corrected chi connectivity index (χ1v) is 8.32. The average molecular weight is 389 g/mol. The highest BCUT2D eigenvalue weighted by atomic mass is 79.9. The number of aryl methyl sites for hydroxylation is 1. The molecule has 0 fully saturated rings. The number of ketones is 1. The summed E-state index contributed by atoms with van der Waals surface area (Å²) in [5.74, 6) is -0.0836. The summed E-state index contributed by atoms with van der Waals surface area (Å²) in [6.45, 7) is 6.01. The van der Waals surface area contributed by atoms with Crippen molar-refractivity contribution in [2.24, 2.45) is 4.99 Å². The molecule has 1 heterocycles. The number of hydrogen-bond acceptors (Lipinski definition) is 3. The van der Waals surface area contributed by atoms with Gasteiger partial charge in [-0.1, -0.05) is 34.1 Å². The van der Waals surface area contributed by atoms with Crippen LogP contribution < -0.4 is 4.57 Å². The van der Waals surface area contributed by atoms with Crippen LogP contribution in [-0.4, -0.2) is 17.4 Å². The van der Waals surface area contributed by atoms with Crippen molar-refractivity contribution in [2.45, 2.75) is 13.0 Å². The zero-order valence-corrected chi connectivity index (χ0v) is 15.2. The van der Waals surface area contributed by atoms with Crippen LogP contribution in [0.25, 0.3) is 0 Å². The second-order valence-corrected chi connectivity index (χ2v) is 6.41. The van der Waals surface area contributed by atoms with E-state index in [1.807, 2.05) is 48.1 Å². The summed E-state index contributed by atoms with van der Waals surface area (Å²) in [6.07, 6.45) is 5.40. The standard InChI is InChI=1S/C18H17BrN2OS/c1-3-9-20-18(23)16(21-10-5-6-13(2)12-21)17(22)14-7-4-8-15(19)11-14/h3-8,10-12,16H,1,9H2,2H3/t16-/m1/s1. The first kappa shape index (κ1) is 17.5. The molecule has 0 spiro atoms. The minimum absolute atomic E-state index is 0.0836. The van der Waals surface area contributed by atoms with Crippen LogP contribution in [-0.2, 0) is 12.6 Å². The summed E-state index contributed by atoms with van der Waals surface area (Å²) in [7, 11) is 0. The zero-order chi connectivity index (χ0) is 16.8. The van der Waals surface area contributed by atoms with Crippen LogP contribution in [0.3, 0.4) is 0 Å². The highest BCUT2D eigenvalue weighted by Crippen LogP contribution is 2.16. The van der Waals surface area contributed by atoms with Gasteiger partial charge in [-0.05, 0) is 30.2 Å². The minimum atomic E-state index is -0.640. The van der Waals surface area contributed by atoms with Gasteiger partial charge in [0.25, 0.3) is 0 Å². The first-order chi connectivity index (χ1) is 11.0. The van der Waals surface area contributed by atoms with Gasteiger partial charge >= 0.3 is 0 Å². The predicted octanol–water partition coefficient (Wildman–Crippen LogP) is 3.60. The molecule has 5 heteroatoms. The van der Waals surface area contributed by atoms with Crippen LogP contribution in [0, 0.1) is 6.92 Å². The number of rotatable bonds is 6. The van der Waals surface area contributed by atoms with E-state index in [9.17, 15) is 4.79 Å². The lowest BCUT2D eigenvalue weighted by molar-refractivity contribution is -0.692. The second-order valence-electron chi connectivity index (χ2n) is 5.07. The second kappa shape index (κ2) is 8.13. The smallest absolute Gasteiger partial charge is 0.237 e. The Morgan fingerprint density at radius 3 is 2.87 bits per heavy atom. The predicted molar refractivity (Wildman–Crippen MR) is 98.7 cm³/mol. The summed E-state index contributed by atoms with van der Waals surface area (Å²) in [5, 5.41) is 0.352. The van der Waals surface area contributed by atoms with Crippen molar-refractivity contribution in [3.05, 3.63) is 77.0 Å². The molecule has 0 saturated carbocycles. The molecule has 2 aromatic rings. The van der Waals surface area contributed by atoms with Gasteiger partial charge in [0.1, 0.15) is 0 Å². The van der Waals surface area contributed by atoms with E-state index in [-0.39, 0.29) is 5.78 Å². The quantitative estimate of drug-likeness (QED) is 0.189. The molecule has 1 aromatic heterocycles. The van der Waals surface area contributed by atoms with Gasteiger partial charge in [-0.15, -0.1) is 6.58 Å². The Labute approximate surface area is 150 Å². The molecule has 1 atom stereocenters. The Morgan fingerprint density at radius 1 is 1.43 bits per heavy atom. The maximum Gasteiger partial charge on any atom is 0.237 e. The lowest BCUT2D eigenvalue weighted by Crippen LogP contribution is -2.48. The third kappa shape index (κ3) is 4.56. The van der Waals surface area contributed by atoms with Gasteiger partial charge in [-0.2, -0.15) is 4.57 Å². The number of Topliss-reactive ketones (excluding diaryl/α,β-unsaturated/α-hetero) is 1. The van der Waals surface area contributed by atoms with Gasteiger partial charge in [0.05, 0.1) is 6.54 Å². The van der Waals surface area contributed by atoms with Crippen molar-refractivity contribution in [3.63, 3.8) is 0 Å².